The molecule has 1 atom stereocenters. The van der Waals surface area contributed by atoms with E-state index in [0.29, 0.717) is 17.1 Å². The zero-order valence-electron chi connectivity index (χ0n) is 14.1. The van der Waals surface area contributed by atoms with E-state index in [2.05, 4.69) is 25.8 Å². The number of aromatic nitrogens is 3. The van der Waals surface area contributed by atoms with Crippen LogP contribution in [0.3, 0.4) is 0 Å². The Bertz CT molecular complexity index is 737. The van der Waals surface area contributed by atoms with Crippen molar-refractivity contribution in [1.82, 2.24) is 20.5 Å². The van der Waals surface area contributed by atoms with Crippen molar-refractivity contribution in [3.8, 4) is 0 Å². The molecule has 134 valence electrons. The van der Waals surface area contributed by atoms with E-state index in [1.807, 2.05) is 13.8 Å². The maximum Gasteiger partial charge on any atom is 0.248 e. The summed E-state index contributed by atoms with van der Waals surface area (Å²) in [6.07, 6.45) is 4.39. The second-order valence-electron chi connectivity index (χ2n) is 5.44. The summed E-state index contributed by atoms with van der Waals surface area (Å²) < 4.78 is 13.1. The number of rotatable bonds is 8. The summed E-state index contributed by atoms with van der Waals surface area (Å²) in [5, 5.41) is 14.4. The quantitative estimate of drug-likeness (QED) is 0.747. The standard InChI is InChI=1S/C16H20FN5O2S/c1-3-5-12(15(24)20-16-22-21-14(4-2)25-16)19-13(23)7-10-6-11(17)9-18-8-10/h6,8-9,12H,3-5,7H2,1-2H3,(H,19,23)(H,20,22,24). The molecule has 0 aliphatic heterocycles. The number of aryl methyl sites for hydroxylation is 1. The molecule has 0 spiro atoms. The molecule has 1 unspecified atom stereocenters. The smallest absolute Gasteiger partial charge is 0.248 e. The van der Waals surface area contributed by atoms with Crippen LogP contribution in [0.2, 0.25) is 0 Å². The Kier molecular flexibility index (Phi) is 6.93. The van der Waals surface area contributed by atoms with E-state index in [0.717, 1.165) is 24.0 Å². The second-order valence-corrected chi connectivity index (χ2v) is 6.50. The lowest BCUT2D eigenvalue weighted by atomic mass is 10.1. The maximum atomic E-state index is 13.1. The third-order valence-corrected chi connectivity index (χ3v) is 4.34. The highest BCUT2D eigenvalue weighted by Gasteiger charge is 2.21. The average Bonchev–Trinajstić information content (AvgIpc) is 3.02. The van der Waals surface area contributed by atoms with Crippen molar-refractivity contribution in [1.29, 1.82) is 0 Å². The SMILES string of the molecule is CCCC(NC(=O)Cc1cncc(F)c1)C(=O)Nc1nnc(CC)s1. The van der Waals surface area contributed by atoms with Crippen LogP contribution >= 0.6 is 11.3 Å². The fourth-order valence-electron chi connectivity index (χ4n) is 2.18. The van der Waals surface area contributed by atoms with Crippen molar-refractivity contribution in [3.63, 3.8) is 0 Å². The molecule has 2 heterocycles. The first-order valence-electron chi connectivity index (χ1n) is 8.03. The molecule has 0 fully saturated rings. The molecule has 0 bridgehead atoms. The highest BCUT2D eigenvalue weighted by Crippen LogP contribution is 2.16. The Morgan fingerprint density at radius 3 is 2.72 bits per heavy atom. The van der Waals surface area contributed by atoms with Gasteiger partial charge in [-0.2, -0.15) is 0 Å². The topological polar surface area (TPSA) is 96.9 Å². The van der Waals surface area contributed by atoms with Crippen LogP contribution in [0.25, 0.3) is 0 Å². The number of carbonyl (C=O) groups is 2. The molecule has 0 aliphatic rings. The molecule has 2 rings (SSSR count). The maximum absolute atomic E-state index is 13.1. The molecule has 2 aromatic heterocycles. The lowest BCUT2D eigenvalue weighted by Gasteiger charge is -2.17. The fourth-order valence-corrected chi connectivity index (χ4v) is 2.86. The van der Waals surface area contributed by atoms with Gasteiger partial charge in [-0.25, -0.2) is 4.39 Å². The molecule has 7 nitrogen and oxygen atoms in total. The molecule has 0 saturated heterocycles. The lowest BCUT2D eigenvalue weighted by molar-refractivity contribution is -0.126. The molecular formula is C16H20FN5O2S. The number of pyridine rings is 1. The van der Waals surface area contributed by atoms with Gasteiger partial charge in [0.05, 0.1) is 12.6 Å². The molecule has 9 heteroatoms. The number of anilines is 1. The van der Waals surface area contributed by atoms with Crippen LogP contribution in [-0.2, 0) is 22.4 Å². The van der Waals surface area contributed by atoms with Gasteiger partial charge < -0.3 is 5.32 Å². The monoisotopic (exact) mass is 365 g/mol. The van der Waals surface area contributed by atoms with Crippen molar-refractivity contribution in [2.24, 2.45) is 0 Å². The van der Waals surface area contributed by atoms with Gasteiger partial charge in [-0.15, -0.1) is 10.2 Å². The van der Waals surface area contributed by atoms with Crippen molar-refractivity contribution < 1.29 is 14.0 Å². The average molecular weight is 365 g/mol. The number of nitrogens with one attached hydrogen (secondary N) is 2. The molecule has 2 aromatic rings. The summed E-state index contributed by atoms with van der Waals surface area (Å²) in [5.74, 6) is -1.21. The largest absolute Gasteiger partial charge is 0.344 e. The second kappa shape index (κ2) is 9.16. The molecular weight excluding hydrogens is 345 g/mol. The molecule has 0 saturated carbocycles. The van der Waals surface area contributed by atoms with Crippen molar-refractivity contribution >= 4 is 28.3 Å². The summed E-state index contributed by atoms with van der Waals surface area (Å²) in [7, 11) is 0. The van der Waals surface area contributed by atoms with Crippen LogP contribution in [-0.4, -0.2) is 33.0 Å². The summed E-state index contributed by atoms with van der Waals surface area (Å²) >= 11 is 1.30. The van der Waals surface area contributed by atoms with Gasteiger partial charge in [-0.1, -0.05) is 31.6 Å². The van der Waals surface area contributed by atoms with E-state index in [4.69, 9.17) is 0 Å². The first kappa shape index (κ1) is 18.9. The minimum absolute atomic E-state index is 0.0446. The van der Waals surface area contributed by atoms with E-state index < -0.39 is 11.9 Å². The fraction of sp³-hybridized carbons (Fsp3) is 0.438. The van der Waals surface area contributed by atoms with E-state index in [1.54, 1.807) is 0 Å². The minimum atomic E-state index is -0.687. The van der Waals surface area contributed by atoms with Crippen LogP contribution in [0.4, 0.5) is 9.52 Å². The highest BCUT2D eigenvalue weighted by molar-refractivity contribution is 7.15. The molecule has 2 N–H and O–H groups in total. The van der Waals surface area contributed by atoms with Crippen molar-refractivity contribution in [2.75, 3.05) is 5.32 Å². The molecule has 0 radical (unpaired) electrons. The number of amides is 2. The molecule has 2 amide bonds. The van der Waals surface area contributed by atoms with Gasteiger partial charge in [0.15, 0.2) is 0 Å². The summed E-state index contributed by atoms with van der Waals surface area (Å²) in [5.41, 5.74) is 0.449. The van der Waals surface area contributed by atoms with Crippen LogP contribution in [0, 0.1) is 5.82 Å². The van der Waals surface area contributed by atoms with E-state index in [9.17, 15) is 14.0 Å². The van der Waals surface area contributed by atoms with Gasteiger partial charge >= 0.3 is 0 Å². The van der Waals surface area contributed by atoms with Gasteiger partial charge in [0.25, 0.3) is 0 Å². The zero-order chi connectivity index (χ0) is 18.2. The first-order chi connectivity index (χ1) is 12.0. The van der Waals surface area contributed by atoms with Crippen LogP contribution < -0.4 is 10.6 Å². The Morgan fingerprint density at radius 1 is 1.28 bits per heavy atom. The number of carbonyl (C=O) groups excluding carboxylic acids is 2. The Hall–Kier alpha value is -2.42. The Labute approximate surface area is 149 Å². The van der Waals surface area contributed by atoms with Crippen LogP contribution in [0.5, 0.6) is 0 Å². The van der Waals surface area contributed by atoms with Crippen LogP contribution in [0.1, 0.15) is 37.3 Å². The number of hydrogen-bond acceptors (Lipinski definition) is 6. The van der Waals surface area contributed by atoms with Crippen LogP contribution in [0.15, 0.2) is 18.5 Å². The Balaban J connectivity index is 1.96. The molecule has 25 heavy (non-hydrogen) atoms. The van der Waals surface area contributed by atoms with Gasteiger partial charge in [-0.3, -0.25) is 19.9 Å². The predicted molar refractivity (Wildman–Crippen MR) is 92.7 cm³/mol. The highest BCUT2D eigenvalue weighted by atomic mass is 32.1. The van der Waals surface area contributed by atoms with Crippen molar-refractivity contribution in [3.05, 3.63) is 34.8 Å². The number of nitrogens with zero attached hydrogens (tertiary/aromatic N) is 3. The summed E-state index contributed by atoms with van der Waals surface area (Å²) in [4.78, 5) is 28.2. The Morgan fingerprint density at radius 2 is 2.08 bits per heavy atom. The first-order valence-corrected chi connectivity index (χ1v) is 8.85. The van der Waals surface area contributed by atoms with Gasteiger partial charge in [0, 0.05) is 6.20 Å². The molecule has 0 aliphatic carbocycles. The molecule has 0 aromatic carbocycles. The van der Waals surface area contributed by atoms with Gasteiger partial charge in [0.1, 0.15) is 16.9 Å². The van der Waals surface area contributed by atoms with E-state index >= 15 is 0 Å². The number of halogens is 1. The predicted octanol–water partition coefficient (Wildman–Crippen LogP) is 2.10. The van der Waals surface area contributed by atoms with Crippen molar-refractivity contribution in [2.45, 2.75) is 45.6 Å². The number of hydrogen-bond donors (Lipinski definition) is 2. The van der Waals surface area contributed by atoms with Gasteiger partial charge in [-0.05, 0) is 24.5 Å². The zero-order valence-corrected chi connectivity index (χ0v) is 14.9. The summed E-state index contributed by atoms with van der Waals surface area (Å²) in [6.45, 7) is 3.87. The lowest BCUT2D eigenvalue weighted by Crippen LogP contribution is -2.44. The van der Waals surface area contributed by atoms with Gasteiger partial charge in [0.2, 0.25) is 16.9 Å². The summed E-state index contributed by atoms with van der Waals surface area (Å²) in [6, 6.07) is 0.558. The van der Waals surface area contributed by atoms with E-state index in [1.165, 1.54) is 23.6 Å². The third kappa shape index (κ3) is 5.86. The minimum Gasteiger partial charge on any atom is -0.344 e. The normalized spacial score (nSPS) is 11.8. The third-order valence-electron chi connectivity index (χ3n) is 3.35. The van der Waals surface area contributed by atoms with E-state index in [-0.39, 0.29) is 18.2 Å².